The molecule has 19 heavy (non-hydrogen) atoms. The predicted molar refractivity (Wildman–Crippen MR) is 80.1 cm³/mol. The van der Waals surface area contributed by atoms with Crippen molar-refractivity contribution < 1.29 is 0 Å². The lowest BCUT2D eigenvalue weighted by molar-refractivity contribution is 0.111. The number of benzene rings is 1. The van der Waals surface area contributed by atoms with Gasteiger partial charge < -0.3 is 4.90 Å². The zero-order valence-electron chi connectivity index (χ0n) is 12.1. The average molecular weight is 258 g/mol. The summed E-state index contributed by atoms with van der Waals surface area (Å²) in [5.74, 6) is 0. The lowest BCUT2D eigenvalue weighted by Crippen LogP contribution is -2.41. The second-order valence-corrected chi connectivity index (χ2v) is 6.38. The summed E-state index contributed by atoms with van der Waals surface area (Å²) in [6.07, 6.45) is 4.23. The van der Waals surface area contributed by atoms with Crippen LogP contribution < -0.4 is 0 Å². The molecule has 0 aliphatic carbocycles. The van der Waals surface area contributed by atoms with Gasteiger partial charge >= 0.3 is 0 Å². The maximum absolute atomic E-state index is 2.66. The lowest BCUT2D eigenvalue weighted by Gasteiger charge is -2.39. The highest BCUT2D eigenvalue weighted by Gasteiger charge is 2.39. The molecule has 0 N–H and O–H groups in total. The summed E-state index contributed by atoms with van der Waals surface area (Å²) in [6, 6.07) is 10.9. The van der Waals surface area contributed by atoms with Crippen LogP contribution in [0.2, 0.25) is 0 Å². The van der Waals surface area contributed by atoms with E-state index in [9.17, 15) is 0 Å². The Morgan fingerprint density at radius 3 is 2.21 bits per heavy atom. The summed E-state index contributed by atoms with van der Waals surface area (Å²) in [7, 11) is 0. The van der Waals surface area contributed by atoms with Crippen LogP contribution in [0.3, 0.4) is 0 Å². The molecule has 0 aromatic heterocycles. The molecule has 3 rings (SSSR count). The van der Waals surface area contributed by atoms with Crippen LogP contribution in [0.1, 0.15) is 31.7 Å². The third-order valence-electron chi connectivity index (χ3n) is 5.13. The summed E-state index contributed by atoms with van der Waals surface area (Å²) >= 11 is 0. The minimum Gasteiger partial charge on any atom is -0.304 e. The summed E-state index contributed by atoms with van der Waals surface area (Å²) in [5, 5.41) is 0. The van der Waals surface area contributed by atoms with Crippen LogP contribution in [0.25, 0.3) is 0 Å². The summed E-state index contributed by atoms with van der Waals surface area (Å²) in [4.78, 5) is 5.27. The normalized spacial score (nSPS) is 24.1. The van der Waals surface area contributed by atoms with Crippen molar-refractivity contribution in [3.05, 3.63) is 35.9 Å². The predicted octanol–water partition coefficient (Wildman–Crippen LogP) is 2.99. The fourth-order valence-electron chi connectivity index (χ4n) is 3.76. The van der Waals surface area contributed by atoms with Gasteiger partial charge in [0.25, 0.3) is 0 Å². The van der Waals surface area contributed by atoms with Gasteiger partial charge in [-0.3, -0.25) is 4.90 Å². The van der Waals surface area contributed by atoms with Gasteiger partial charge in [0.15, 0.2) is 0 Å². The van der Waals surface area contributed by atoms with Crippen molar-refractivity contribution in [2.75, 3.05) is 32.7 Å². The zero-order valence-corrected chi connectivity index (χ0v) is 12.1. The molecule has 0 unspecified atom stereocenters. The highest BCUT2D eigenvalue weighted by atomic mass is 15.2. The van der Waals surface area contributed by atoms with Crippen molar-refractivity contribution in [1.82, 2.24) is 9.80 Å². The van der Waals surface area contributed by atoms with E-state index in [4.69, 9.17) is 0 Å². The Morgan fingerprint density at radius 1 is 0.947 bits per heavy atom. The largest absolute Gasteiger partial charge is 0.304 e. The molecule has 0 radical (unpaired) electrons. The van der Waals surface area contributed by atoms with Crippen molar-refractivity contribution >= 4 is 0 Å². The van der Waals surface area contributed by atoms with Crippen LogP contribution in [0.4, 0.5) is 0 Å². The molecule has 2 aliphatic rings. The van der Waals surface area contributed by atoms with E-state index in [0.29, 0.717) is 5.41 Å². The number of hydrogen-bond acceptors (Lipinski definition) is 2. The molecule has 1 spiro atoms. The molecule has 0 bridgehead atoms. The van der Waals surface area contributed by atoms with E-state index in [-0.39, 0.29) is 0 Å². The minimum atomic E-state index is 0.639. The Balaban J connectivity index is 1.56. The van der Waals surface area contributed by atoms with Gasteiger partial charge in [0, 0.05) is 13.1 Å². The second kappa shape index (κ2) is 5.64. The first-order chi connectivity index (χ1) is 9.30. The third-order valence-corrected chi connectivity index (χ3v) is 5.13. The van der Waals surface area contributed by atoms with Gasteiger partial charge in [-0.05, 0) is 56.4 Å². The zero-order chi connectivity index (χ0) is 13.1. The second-order valence-electron chi connectivity index (χ2n) is 6.38. The van der Waals surface area contributed by atoms with E-state index in [2.05, 4.69) is 47.1 Å². The van der Waals surface area contributed by atoms with Crippen LogP contribution in [0.5, 0.6) is 0 Å². The quantitative estimate of drug-likeness (QED) is 0.822. The lowest BCUT2D eigenvalue weighted by atomic mass is 9.78. The summed E-state index contributed by atoms with van der Waals surface area (Å²) in [6.45, 7) is 9.89. The molecule has 2 nitrogen and oxygen atoms in total. The van der Waals surface area contributed by atoms with E-state index in [1.807, 2.05) is 0 Å². The van der Waals surface area contributed by atoms with Gasteiger partial charge in [0.05, 0.1) is 0 Å². The molecule has 1 aromatic carbocycles. The van der Waals surface area contributed by atoms with Crippen LogP contribution in [0, 0.1) is 5.41 Å². The van der Waals surface area contributed by atoms with Crippen molar-refractivity contribution in [1.29, 1.82) is 0 Å². The summed E-state index contributed by atoms with van der Waals surface area (Å²) < 4.78 is 0. The average Bonchev–Trinajstić information content (AvgIpc) is 2.84. The van der Waals surface area contributed by atoms with Crippen molar-refractivity contribution in [2.24, 2.45) is 5.41 Å². The van der Waals surface area contributed by atoms with Gasteiger partial charge in [-0.2, -0.15) is 0 Å². The SMILES string of the molecule is CCN1CCC2(CC1)CCN(Cc1ccccc1)C2. The van der Waals surface area contributed by atoms with Gasteiger partial charge in [0.1, 0.15) is 0 Å². The molecule has 2 aliphatic heterocycles. The maximum Gasteiger partial charge on any atom is 0.0233 e. The Kier molecular flexibility index (Phi) is 3.90. The molecule has 2 fully saturated rings. The molecule has 2 heterocycles. The fourth-order valence-corrected chi connectivity index (χ4v) is 3.76. The number of piperidine rings is 1. The Labute approximate surface area is 117 Å². The third kappa shape index (κ3) is 3.01. The maximum atomic E-state index is 2.66. The monoisotopic (exact) mass is 258 g/mol. The number of rotatable bonds is 3. The molecule has 0 amide bonds. The van der Waals surface area contributed by atoms with E-state index in [1.165, 1.54) is 57.5 Å². The van der Waals surface area contributed by atoms with E-state index in [0.717, 1.165) is 6.54 Å². The van der Waals surface area contributed by atoms with Crippen molar-refractivity contribution in [3.63, 3.8) is 0 Å². The molecule has 1 aromatic rings. The van der Waals surface area contributed by atoms with Crippen LogP contribution >= 0.6 is 0 Å². The minimum absolute atomic E-state index is 0.639. The molecular formula is C17H26N2. The first-order valence-corrected chi connectivity index (χ1v) is 7.78. The smallest absolute Gasteiger partial charge is 0.0233 e. The molecule has 104 valence electrons. The number of likely N-dealkylation sites (tertiary alicyclic amines) is 2. The Bertz CT molecular complexity index is 393. The Morgan fingerprint density at radius 2 is 1.58 bits per heavy atom. The van der Waals surface area contributed by atoms with Gasteiger partial charge in [-0.15, -0.1) is 0 Å². The fraction of sp³-hybridized carbons (Fsp3) is 0.647. The Hall–Kier alpha value is -0.860. The van der Waals surface area contributed by atoms with E-state index in [1.54, 1.807) is 0 Å². The summed E-state index contributed by atoms with van der Waals surface area (Å²) in [5.41, 5.74) is 2.10. The molecule has 2 saturated heterocycles. The first-order valence-electron chi connectivity index (χ1n) is 7.78. The van der Waals surface area contributed by atoms with E-state index >= 15 is 0 Å². The van der Waals surface area contributed by atoms with Crippen molar-refractivity contribution in [2.45, 2.75) is 32.7 Å². The molecule has 0 atom stereocenters. The molecule has 2 heteroatoms. The van der Waals surface area contributed by atoms with Crippen LogP contribution in [0.15, 0.2) is 30.3 Å². The van der Waals surface area contributed by atoms with Crippen LogP contribution in [-0.2, 0) is 6.54 Å². The van der Waals surface area contributed by atoms with Crippen molar-refractivity contribution in [3.8, 4) is 0 Å². The highest BCUT2D eigenvalue weighted by molar-refractivity contribution is 5.15. The molecular weight excluding hydrogens is 232 g/mol. The van der Waals surface area contributed by atoms with Crippen LogP contribution in [-0.4, -0.2) is 42.5 Å². The molecule has 0 saturated carbocycles. The first kappa shape index (κ1) is 13.1. The van der Waals surface area contributed by atoms with Gasteiger partial charge in [-0.25, -0.2) is 0 Å². The topological polar surface area (TPSA) is 6.48 Å². The number of nitrogens with zero attached hydrogens (tertiary/aromatic N) is 2. The van der Waals surface area contributed by atoms with Gasteiger partial charge in [0.2, 0.25) is 0 Å². The van der Waals surface area contributed by atoms with Gasteiger partial charge in [-0.1, -0.05) is 37.3 Å². The standard InChI is InChI=1S/C17H26N2/c1-2-18-11-8-17(9-12-18)10-13-19(15-17)14-16-6-4-3-5-7-16/h3-7H,2,8-15H2,1H3. The highest BCUT2D eigenvalue weighted by Crippen LogP contribution is 2.40. The number of hydrogen-bond donors (Lipinski definition) is 0. The van der Waals surface area contributed by atoms with E-state index < -0.39 is 0 Å².